The molecule has 0 radical (unpaired) electrons. The fourth-order valence-electron chi connectivity index (χ4n) is 4.07. The summed E-state index contributed by atoms with van der Waals surface area (Å²) < 4.78 is 18.2. The number of carbonyl (C=O) groups excluding carboxylic acids is 3. The number of fused-ring (bicyclic) bond motifs is 1. The Morgan fingerprint density at radius 2 is 1.79 bits per heavy atom. The molecule has 0 aliphatic carbocycles. The van der Waals surface area contributed by atoms with Crippen molar-refractivity contribution in [3.05, 3.63) is 89.2 Å². The van der Waals surface area contributed by atoms with Crippen LogP contribution in [0.15, 0.2) is 66.7 Å². The molecule has 0 saturated heterocycles. The van der Waals surface area contributed by atoms with Gasteiger partial charge in [0.05, 0.1) is 13.0 Å². The molecule has 174 valence electrons. The summed E-state index contributed by atoms with van der Waals surface area (Å²) in [5.41, 5.74) is 4.13. The van der Waals surface area contributed by atoms with Gasteiger partial charge in [0.2, 0.25) is 0 Å². The lowest BCUT2D eigenvalue weighted by atomic mass is 10.00. The van der Waals surface area contributed by atoms with E-state index in [1.54, 1.807) is 23.1 Å². The number of hydrogen-bond donors (Lipinski definition) is 1. The van der Waals surface area contributed by atoms with Gasteiger partial charge >= 0.3 is 5.97 Å². The van der Waals surface area contributed by atoms with Crippen LogP contribution in [0.3, 0.4) is 0 Å². The molecule has 1 N–H and O–H groups in total. The molecule has 1 heterocycles. The largest absolute Gasteiger partial charge is 0.469 e. The average molecular weight is 461 g/mol. The molecule has 6 nitrogen and oxygen atoms in total. The predicted molar refractivity (Wildman–Crippen MR) is 127 cm³/mol. The smallest absolute Gasteiger partial charge is 0.310 e. The number of amides is 2. The first-order chi connectivity index (χ1) is 16.4. The van der Waals surface area contributed by atoms with Gasteiger partial charge in [-0.1, -0.05) is 37.3 Å². The molecule has 2 amide bonds. The first-order valence-electron chi connectivity index (χ1n) is 11.1. The molecular formula is C27H25FN2O4. The molecule has 0 unspecified atom stereocenters. The minimum atomic E-state index is -0.469. The highest BCUT2D eigenvalue weighted by Gasteiger charge is 2.31. The van der Waals surface area contributed by atoms with Gasteiger partial charge in [-0.15, -0.1) is 0 Å². The zero-order valence-electron chi connectivity index (χ0n) is 19.0. The Morgan fingerprint density at radius 1 is 1.06 bits per heavy atom. The van der Waals surface area contributed by atoms with E-state index in [-0.39, 0.29) is 23.4 Å². The van der Waals surface area contributed by atoms with Crippen molar-refractivity contribution in [1.82, 2.24) is 4.90 Å². The molecule has 0 bridgehead atoms. The van der Waals surface area contributed by atoms with Gasteiger partial charge in [-0.2, -0.15) is 0 Å². The van der Waals surface area contributed by atoms with Gasteiger partial charge < -0.3 is 15.0 Å². The van der Waals surface area contributed by atoms with E-state index in [1.807, 2.05) is 37.3 Å². The number of benzene rings is 3. The average Bonchev–Trinajstić information content (AvgIpc) is 3.17. The van der Waals surface area contributed by atoms with E-state index < -0.39 is 11.7 Å². The third-order valence-electron chi connectivity index (χ3n) is 6.02. The topological polar surface area (TPSA) is 75.7 Å². The highest BCUT2D eigenvalue weighted by Crippen LogP contribution is 2.30. The van der Waals surface area contributed by atoms with Crippen molar-refractivity contribution in [3.63, 3.8) is 0 Å². The summed E-state index contributed by atoms with van der Waals surface area (Å²) in [6.07, 6.45) is 0.597. The number of carbonyl (C=O) groups is 3. The Labute approximate surface area is 197 Å². The molecule has 7 heteroatoms. The summed E-state index contributed by atoms with van der Waals surface area (Å²) >= 11 is 0. The fourth-order valence-corrected chi connectivity index (χ4v) is 4.07. The Bertz CT molecular complexity index is 1240. The number of anilines is 1. The van der Waals surface area contributed by atoms with Crippen molar-refractivity contribution in [1.29, 1.82) is 0 Å². The van der Waals surface area contributed by atoms with Crippen molar-refractivity contribution in [2.45, 2.75) is 19.9 Å². The molecule has 1 aliphatic heterocycles. The van der Waals surface area contributed by atoms with Crippen molar-refractivity contribution >= 4 is 23.5 Å². The minimum absolute atomic E-state index is 0.0989. The summed E-state index contributed by atoms with van der Waals surface area (Å²) in [6.45, 7) is 2.69. The lowest BCUT2D eigenvalue weighted by Crippen LogP contribution is -2.33. The van der Waals surface area contributed by atoms with E-state index in [0.29, 0.717) is 30.8 Å². The molecule has 0 aromatic heterocycles. The van der Waals surface area contributed by atoms with E-state index in [4.69, 9.17) is 4.74 Å². The zero-order chi connectivity index (χ0) is 24.2. The van der Waals surface area contributed by atoms with Gasteiger partial charge in [0.1, 0.15) is 5.82 Å². The summed E-state index contributed by atoms with van der Waals surface area (Å²) in [4.78, 5) is 38.9. The maximum Gasteiger partial charge on any atom is 0.310 e. The standard InChI is InChI=1S/C27H25FN2O4/c1-3-17(27(33)34-2)15-30-16-21-8-7-19(14-24(21)26(30)32)18-9-11-23(12-10-18)29-25(31)20-5-4-6-22(28)13-20/h4-14,17H,3,15-16H2,1-2H3,(H,29,31)/t17-/m0/s1. The molecule has 0 fully saturated rings. The Hall–Kier alpha value is -4.00. The van der Waals surface area contributed by atoms with Crippen LogP contribution in [-0.4, -0.2) is 36.3 Å². The van der Waals surface area contributed by atoms with Gasteiger partial charge in [0.25, 0.3) is 11.8 Å². The van der Waals surface area contributed by atoms with Crippen molar-refractivity contribution in [2.75, 3.05) is 19.0 Å². The number of halogens is 1. The van der Waals surface area contributed by atoms with Crippen LogP contribution in [0.4, 0.5) is 10.1 Å². The summed E-state index contributed by atoms with van der Waals surface area (Å²) in [6, 6.07) is 18.5. The quantitative estimate of drug-likeness (QED) is 0.509. The molecular weight excluding hydrogens is 435 g/mol. The SMILES string of the molecule is CC[C@@H](CN1Cc2ccc(-c3ccc(NC(=O)c4cccc(F)c4)cc3)cc2C1=O)C(=O)OC. The van der Waals surface area contributed by atoms with Gasteiger partial charge in [0, 0.05) is 29.9 Å². The molecule has 0 spiro atoms. The lowest BCUT2D eigenvalue weighted by molar-refractivity contribution is -0.146. The van der Waals surface area contributed by atoms with Gasteiger partial charge in [0.15, 0.2) is 0 Å². The van der Waals surface area contributed by atoms with Crippen LogP contribution in [0.1, 0.15) is 39.6 Å². The van der Waals surface area contributed by atoms with Crippen LogP contribution in [0.25, 0.3) is 11.1 Å². The van der Waals surface area contributed by atoms with E-state index in [9.17, 15) is 18.8 Å². The van der Waals surface area contributed by atoms with Gasteiger partial charge in [-0.25, -0.2) is 4.39 Å². The molecule has 0 saturated carbocycles. The second-order valence-electron chi connectivity index (χ2n) is 8.23. The third-order valence-corrected chi connectivity index (χ3v) is 6.02. The van der Waals surface area contributed by atoms with Crippen LogP contribution < -0.4 is 5.32 Å². The molecule has 1 atom stereocenters. The zero-order valence-corrected chi connectivity index (χ0v) is 19.0. The lowest BCUT2D eigenvalue weighted by Gasteiger charge is -2.20. The van der Waals surface area contributed by atoms with E-state index in [0.717, 1.165) is 16.7 Å². The van der Waals surface area contributed by atoms with Crippen LogP contribution in [0, 0.1) is 11.7 Å². The fraction of sp³-hybridized carbons (Fsp3) is 0.222. The first kappa shape index (κ1) is 23.2. The van der Waals surface area contributed by atoms with Crippen LogP contribution in [0.2, 0.25) is 0 Å². The number of rotatable bonds is 7. The molecule has 1 aliphatic rings. The highest BCUT2D eigenvalue weighted by molar-refractivity contribution is 6.04. The summed E-state index contributed by atoms with van der Waals surface area (Å²) in [5, 5.41) is 2.75. The third kappa shape index (κ3) is 4.83. The number of methoxy groups -OCH3 is 1. The number of nitrogens with zero attached hydrogens (tertiary/aromatic N) is 1. The Balaban J connectivity index is 1.47. The summed E-state index contributed by atoms with van der Waals surface area (Å²) in [5.74, 6) is -1.62. The molecule has 34 heavy (non-hydrogen) atoms. The van der Waals surface area contributed by atoms with E-state index in [1.165, 1.54) is 25.3 Å². The monoisotopic (exact) mass is 460 g/mol. The maximum atomic E-state index is 13.4. The molecule has 3 aromatic carbocycles. The van der Waals surface area contributed by atoms with E-state index in [2.05, 4.69) is 5.32 Å². The van der Waals surface area contributed by atoms with Crippen LogP contribution >= 0.6 is 0 Å². The second-order valence-corrected chi connectivity index (χ2v) is 8.23. The molecule has 3 aromatic rings. The second kappa shape index (κ2) is 9.87. The first-order valence-corrected chi connectivity index (χ1v) is 11.1. The summed E-state index contributed by atoms with van der Waals surface area (Å²) in [7, 11) is 1.36. The van der Waals surface area contributed by atoms with Crippen LogP contribution in [-0.2, 0) is 16.1 Å². The minimum Gasteiger partial charge on any atom is -0.469 e. The van der Waals surface area contributed by atoms with Crippen molar-refractivity contribution in [3.8, 4) is 11.1 Å². The van der Waals surface area contributed by atoms with Gasteiger partial charge in [-0.3, -0.25) is 14.4 Å². The van der Waals surface area contributed by atoms with Crippen molar-refractivity contribution < 1.29 is 23.5 Å². The highest BCUT2D eigenvalue weighted by atomic mass is 19.1. The van der Waals surface area contributed by atoms with Crippen molar-refractivity contribution in [2.24, 2.45) is 5.92 Å². The molecule has 4 rings (SSSR count). The Morgan fingerprint density at radius 3 is 2.47 bits per heavy atom. The number of ether oxygens (including phenoxy) is 1. The maximum absolute atomic E-state index is 13.4. The predicted octanol–water partition coefficient (Wildman–Crippen LogP) is 4.90. The van der Waals surface area contributed by atoms with Crippen LogP contribution in [0.5, 0.6) is 0 Å². The van der Waals surface area contributed by atoms with Gasteiger partial charge in [-0.05, 0) is 59.5 Å². The van der Waals surface area contributed by atoms with E-state index >= 15 is 0 Å². The number of esters is 1. The number of nitrogens with one attached hydrogen (secondary N) is 1. The Kier molecular flexibility index (Phi) is 6.72. The normalized spacial score (nSPS) is 13.4. The number of hydrogen-bond acceptors (Lipinski definition) is 4.